The zero-order valence-electron chi connectivity index (χ0n) is 12.5. The van der Waals surface area contributed by atoms with Crippen LogP contribution in [0, 0.1) is 24.0 Å². The van der Waals surface area contributed by atoms with Crippen molar-refractivity contribution in [1.82, 2.24) is 4.57 Å². The number of rotatable bonds is 3. The fourth-order valence-corrected chi connectivity index (χ4v) is 2.66. The first-order chi connectivity index (χ1) is 10.6. The van der Waals surface area contributed by atoms with Crippen LogP contribution >= 0.6 is 0 Å². The summed E-state index contributed by atoms with van der Waals surface area (Å²) in [6, 6.07) is 19.2. The van der Waals surface area contributed by atoms with Crippen LogP contribution < -0.4 is 0 Å². The van der Waals surface area contributed by atoms with Crippen molar-refractivity contribution < 1.29 is 4.92 Å². The Balaban J connectivity index is 2.26. The molecule has 22 heavy (non-hydrogen) atoms. The van der Waals surface area contributed by atoms with Gasteiger partial charge in [0.1, 0.15) is 5.69 Å². The molecule has 110 valence electrons. The second-order valence-corrected chi connectivity index (χ2v) is 5.31. The van der Waals surface area contributed by atoms with E-state index in [4.69, 9.17) is 0 Å². The standard InChI is InChI=1S/C18H16N2O2/c1-13-8-10-17(18(12-13)20(21)22)19-14(2)9-11-16(19)15-6-4-3-5-7-15/h3-12H,1-2H3. The number of hydrogen-bond donors (Lipinski definition) is 0. The van der Waals surface area contributed by atoms with Gasteiger partial charge in [-0.3, -0.25) is 10.1 Å². The van der Waals surface area contributed by atoms with Crippen LogP contribution in [0.1, 0.15) is 11.3 Å². The van der Waals surface area contributed by atoms with E-state index in [2.05, 4.69) is 0 Å². The fourth-order valence-electron chi connectivity index (χ4n) is 2.66. The molecule has 3 aromatic rings. The highest BCUT2D eigenvalue weighted by molar-refractivity contribution is 5.67. The summed E-state index contributed by atoms with van der Waals surface area (Å²) >= 11 is 0. The third kappa shape index (κ3) is 2.39. The molecule has 0 atom stereocenters. The molecule has 0 amide bonds. The van der Waals surface area contributed by atoms with Crippen LogP contribution in [0.5, 0.6) is 0 Å². The van der Waals surface area contributed by atoms with Gasteiger partial charge in [-0.1, -0.05) is 36.4 Å². The van der Waals surface area contributed by atoms with E-state index in [1.165, 1.54) is 0 Å². The minimum Gasteiger partial charge on any atom is -0.308 e. The number of aryl methyl sites for hydroxylation is 2. The summed E-state index contributed by atoms with van der Waals surface area (Å²) in [6.45, 7) is 3.81. The van der Waals surface area contributed by atoms with E-state index in [1.54, 1.807) is 6.07 Å². The molecule has 0 spiro atoms. The van der Waals surface area contributed by atoms with Crippen LogP contribution in [0.4, 0.5) is 5.69 Å². The molecule has 0 saturated carbocycles. The monoisotopic (exact) mass is 292 g/mol. The average Bonchev–Trinajstić information content (AvgIpc) is 2.90. The van der Waals surface area contributed by atoms with Gasteiger partial charge in [0, 0.05) is 11.8 Å². The Hall–Kier alpha value is -2.88. The quantitative estimate of drug-likeness (QED) is 0.520. The van der Waals surface area contributed by atoms with Crippen LogP contribution in [0.3, 0.4) is 0 Å². The molecule has 0 aliphatic rings. The van der Waals surface area contributed by atoms with Crippen LogP contribution in [0.2, 0.25) is 0 Å². The van der Waals surface area contributed by atoms with Gasteiger partial charge >= 0.3 is 0 Å². The number of nitro benzene ring substituents is 1. The Labute approximate surface area is 128 Å². The van der Waals surface area contributed by atoms with Gasteiger partial charge in [-0.15, -0.1) is 0 Å². The third-order valence-corrected chi connectivity index (χ3v) is 3.71. The predicted molar refractivity (Wildman–Crippen MR) is 87.3 cm³/mol. The number of benzene rings is 2. The Morgan fingerprint density at radius 3 is 2.36 bits per heavy atom. The van der Waals surface area contributed by atoms with Crippen LogP contribution in [-0.4, -0.2) is 9.49 Å². The lowest BCUT2D eigenvalue weighted by Gasteiger charge is -2.13. The molecule has 3 rings (SSSR count). The molecule has 4 heteroatoms. The first kappa shape index (κ1) is 14.1. The zero-order valence-corrected chi connectivity index (χ0v) is 12.5. The topological polar surface area (TPSA) is 48.1 Å². The van der Waals surface area contributed by atoms with Crippen molar-refractivity contribution in [2.75, 3.05) is 0 Å². The average molecular weight is 292 g/mol. The van der Waals surface area contributed by atoms with Crippen molar-refractivity contribution >= 4 is 5.69 Å². The molecular formula is C18H16N2O2. The molecule has 0 aliphatic heterocycles. The predicted octanol–water partition coefficient (Wildman–Crippen LogP) is 4.67. The smallest absolute Gasteiger partial charge is 0.293 e. The van der Waals surface area contributed by atoms with Gasteiger partial charge < -0.3 is 4.57 Å². The number of aromatic nitrogens is 1. The number of hydrogen-bond acceptors (Lipinski definition) is 2. The van der Waals surface area contributed by atoms with Gasteiger partial charge in [0.05, 0.1) is 10.6 Å². The molecule has 0 radical (unpaired) electrons. The van der Waals surface area contributed by atoms with Crippen molar-refractivity contribution in [1.29, 1.82) is 0 Å². The molecule has 0 fully saturated rings. The van der Waals surface area contributed by atoms with Gasteiger partial charge in [-0.25, -0.2) is 0 Å². The van der Waals surface area contributed by atoms with E-state index in [9.17, 15) is 10.1 Å². The van der Waals surface area contributed by atoms with Crippen LogP contribution in [-0.2, 0) is 0 Å². The summed E-state index contributed by atoms with van der Waals surface area (Å²) in [4.78, 5) is 11.1. The van der Waals surface area contributed by atoms with Gasteiger partial charge in [-0.2, -0.15) is 0 Å². The van der Waals surface area contributed by atoms with Gasteiger partial charge in [-0.05, 0) is 43.2 Å². The summed E-state index contributed by atoms with van der Waals surface area (Å²) in [5, 5.41) is 11.4. The van der Waals surface area contributed by atoms with Gasteiger partial charge in [0.2, 0.25) is 0 Å². The Kier molecular flexibility index (Phi) is 3.51. The maximum Gasteiger partial charge on any atom is 0.293 e. The largest absolute Gasteiger partial charge is 0.308 e. The molecule has 0 saturated heterocycles. The lowest BCUT2D eigenvalue weighted by atomic mass is 10.1. The van der Waals surface area contributed by atoms with E-state index in [-0.39, 0.29) is 10.6 Å². The van der Waals surface area contributed by atoms with E-state index >= 15 is 0 Å². The Bertz CT molecular complexity index is 836. The molecule has 0 N–H and O–H groups in total. The normalized spacial score (nSPS) is 10.6. The first-order valence-corrected chi connectivity index (χ1v) is 7.07. The second kappa shape index (κ2) is 5.48. The van der Waals surface area contributed by atoms with Crippen LogP contribution in [0.25, 0.3) is 16.9 Å². The summed E-state index contributed by atoms with van der Waals surface area (Å²) in [5.74, 6) is 0. The van der Waals surface area contributed by atoms with Gasteiger partial charge in [0.15, 0.2) is 0 Å². The van der Waals surface area contributed by atoms with E-state index in [0.717, 1.165) is 22.5 Å². The maximum atomic E-state index is 11.4. The molecular weight excluding hydrogens is 276 g/mol. The summed E-state index contributed by atoms with van der Waals surface area (Å²) in [5.41, 5.74) is 4.54. The SMILES string of the molecule is Cc1ccc(-n2c(C)ccc2-c2ccccc2)c([N+](=O)[O-])c1. The van der Waals surface area contributed by atoms with E-state index in [1.807, 2.05) is 73.0 Å². The highest BCUT2D eigenvalue weighted by Crippen LogP contribution is 2.31. The Morgan fingerprint density at radius 2 is 1.68 bits per heavy atom. The van der Waals surface area contributed by atoms with Crippen LogP contribution in [0.15, 0.2) is 60.7 Å². The highest BCUT2D eigenvalue weighted by atomic mass is 16.6. The lowest BCUT2D eigenvalue weighted by molar-refractivity contribution is -0.384. The van der Waals surface area contributed by atoms with Crippen molar-refractivity contribution in [3.05, 3.63) is 82.0 Å². The molecule has 0 aliphatic carbocycles. The van der Waals surface area contributed by atoms with E-state index < -0.39 is 0 Å². The minimum absolute atomic E-state index is 0.122. The summed E-state index contributed by atoms with van der Waals surface area (Å²) in [7, 11) is 0. The van der Waals surface area contributed by atoms with Crippen molar-refractivity contribution in [2.24, 2.45) is 0 Å². The molecule has 0 unspecified atom stereocenters. The second-order valence-electron chi connectivity index (χ2n) is 5.31. The number of nitro groups is 1. The first-order valence-electron chi connectivity index (χ1n) is 7.07. The zero-order chi connectivity index (χ0) is 15.7. The van der Waals surface area contributed by atoms with Crippen molar-refractivity contribution in [3.8, 4) is 16.9 Å². The highest BCUT2D eigenvalue weighted by Gasteiger charge is 2.19. The molecule has 1 aromatic heterocycles. The fraction of sp³-hybridized carbons (Fsp3) is 0.111. The lowest BCUT2D eigenvalue weighted by Crippen LogP contribution is -2.03. The Morgan fingerprint density at radius 1 is 0.955 bits per heavy atom. The minimum atomic E-state index is -0.323. The third-order valence-electron chi connectivity index (χ3n) is 3.71. The summed E-state index contributed by atoms with van der Waals surface area (Å²) in [6.07, 6.45) is 0. The van der Waals surface area contributed by atoms with Crippen molar-refractivity contribution in [3.63, 3.8) is 0 Å². The molecule has 4 nitrogen and oxygen atoms in total. The van der Waals surface area contributed by atoms with Crippen molar-refractivity contribution in [2.45, 2.75) is 13.8 Å². The van der Waals surface area contributed by atoms with Gasteiger partial charge in [0.25, 0.3) is 5.69 Å². The molecule has 1 heterocycles. The summed E-state index contributed by atoms with van der Waals surface area (Å²) < 4.78 is 1.94. The molecule has 2 aromatic carbocycles. The maximum absolute atomic E-state index is 11.4. The number of nitrogens with zero attached hydrogens (tertiary/aromatic N) is 2. The molecule has 0 bridgehead atoms. The van der Waals surface area contributed by atoms with E-state index in [0.29, 0.717) is 5.69 Å².